The first-order valence-corrected chi connectivity index (χ1v) is 7.60. The van der Waals surface area contributed by atoms with Crippen molar-refractivity contribution in [3.8, 4) is 0 Å². The first-order chi connectivity index (χ1) is 9.08. The molecule has 1 atom stereocenters. The Balaban J connectivity index is 2.41. The molecule has 0 bridgehead atoms. The molecule has 19 heavy (non-hydrogen) atoms. The van der Waals surface area contributed by atoms with E-state index in [0.29, 0.717) is 19.5 Å². The highest BCUT2D eigenvalue weighted by molar-refractivity contribution is 7.07. The van der Waals surface area contributed by atoms with Crippen molar-refractivity contribution in [2.75, 3.05) is 6.54 Å². The number of aryl methyl sites for hydroxylation is 1. The van der Waals surface area contributed by atoms with E-state index in [-0.39, 0.29) is 16.8 Å². The lowest BCUT2D eigenvalue weighted by Gasteiger charge is -2.16. The minimum atomic E-state index is -0.0379. The van der Waals surface area contributed by atoms with Crippen LogP contribution in [0.15, 0.2) is 10.2 Å². The van der Waals surface area contributed by atoms with Gasteiger partial charge in [0.25, 0.3) is 0 Å². The molecule has 1 heterocycles. The second-order valence-corrected chi connectivity index (χ2v) is 5.51. The third-order valence-corrected chi connectivity index (χ3v) is 3.98. The van der Waals surface area contributed by atoms with Crippen molar-refractivity contribution < 1.29 is 4.79 Å². The van der Waals surface area contributed by atoms with Crippen LogP contribution in [0, 0.1) is 6.92 Å². The van der Waals surface area contributed by atoms with Crippen LogP contribution in [0.3, 0.4) is 0 Å². The van der Waals surface area contributed by atoms with Gasteiger partial charge in [0, 0.05) is 36.6 Å². The van der Waals surface area contributed by atoms with Gasteiger partial charge in [-0.3, -0.25) is 9.59 Å². The molecule has 0 aliphatic carbocycles. The molecule has 3 N–H and O–H groups in total. The molecule has 0 saturated carbocycles. The number of nitrogens with one attached hydrogen (secondary N) is 1. The van der Waals surface area contributed by atoms with Gasteiger partial charge in [0.2, 0.25) is 5.91 Å². The lowest BCUT2D eigenvalue weighted by molar-refractivity contribution is -0.122. The normalized spacial score (nSPS) is 12.4. The molecule has 5 nitrogen and oxygen atoms in total. The Morgan fingerprint density at radius 1 is 1.58 bits per heavy atom. The van der Waals surface area contributed by atoms with E-state index in [1.165, 1.54) is 11.3 Å². The molecule has 0 spiro atoms. The monoisotopic (exact) mass is 285 g/mol. The van der Waals surface area contributed by atoms with Gasteiger partial charge >= 0.3 is 4.87 Å². The highest BCUT2D eigenvalue weighted by atomic mass is 32.1. The first-order valence-electron chi connectivity index (χ1n) is 6.72. The van der Waals surface area contributed by atoms with E-state index >= 15 is 0 Å². The fourth-order valence-corrected chi connectivity index (χ4v) is 2.65. The molecule has 0 saturated heterocycles. The molecule has 1 rings (SSSR count). The second kappa shape index (κ2) is 8.12. The molecule has 0 aliphatic rings. The number of thiazole rings is 1. The molecule has 0 fully saturated rings. The Morgan fingerprint density at radius 3 is 2.84 bits per heavy atom. The summed E-state index contributed by atoms with van der Waals surface area (Å²) in [5, 5.41) is 4.74. The van der Waals surface area contributed by atoms with Crippen molar-refractivity contribution in [2.45, 2.75) is 52.1 Å². The zero-order valence-electron chi connectivity index (χ0n) is 11.6. The molecule has 1 amide bonds. The Hall–Kier alpha value is -1.14. The van der Waals surface area contributed by atoms with Gasteiger partial charge in [-0.25, -0.2) is 0 Å². The van der Waals surface area contributed by atoms with Crippen LogP contribution in [0.25, 0.3) is 0 Å². The standard InChI is InChI=1S/C13H23N3O2S/c1-3-4-5-11(8-14)15-12(17)6-7-16-10(2)9-19-13(16)18/h9,11H,3-8,14H2,1-2H3,(H,15,17). The number of hydrogen-bond acceptors (Lipinski definition) is 4. The van der Waals surface area contributed by atoms with E-state index in [4.69, 9.17) is 5.73 Å². The SMILES string of the molecule is CCCCC(CN)NC(=O)CCn1c(C)csc1=O. The second-order valence-electron chi connectivity index (χ2n) is 4.69. The van der Waals surface area contributed by atoms with Gasteiger partial charge in [0.1, 0.15) is 0 Å². The van der Waals surface area contributed by atoms with Gasteiger partial charge < -0.3 is 15.6 Å². The molecule has 0 aromatic carbocycles. The summed E-state index contributed by atoms with van der Waals surface area (Å²) in [5.74, 6) is -0.0379. The maximum atomic E-state index is 11.8. The van der Waals surface area contributed by atoms with Crippen molar-refractivity contribution >= 4 is 17.2 Å². The van der Waals surface area contributed by atoms with Crippen molar-refractivity contribution in [1.82, 2.24) is 9.88 Å². The van der Waals surface area contributed by atoms with Crippen LogP contribution in [0.2, 0.25) is 0 Å². The predicted octanol–water partition coefficient (Wildman–Crippen LogP) is 1.24. The fourth-order valence-electron chi connectivity index (χ4n) is 1.89. The minimum Gasteiger partial charge on any atom is -0.352 e. The number of rotatable bonds is 8. The van der Waals surface area contributed by atoms with Crippen LogP contribution in [0.4, 0.5) is 0 Å². The quantitative estimate of drug-likeness (QED) is 0.754. The molecule has 1 aromatic heterocycles. The summed E-state index contributed by atoms with van der Waals surface area (Å²) in [6.07, 6.45) is 3.39. The number of unbranched alkanes of at least 4 members (excludes halogenated alkanes) is 1. The average Bonchev–Trinajstić information content (AvgIpc) is 2.71. The summed E-state index contributed by atoms with van der Waals surface area (Å²) in [6, 6.07) is 0.0488. The van der Waals surface area contributed by atoms with Gasteiger partial charge in [-0.1, -0.05) is 31.1 Å². The third kappa shape index (κ3) is 5.16. The smallest absolute Gasteiger partial charge is 0.307 e. The summed E-state index contributed by atoms with van der Waals surface area (Å²) in [4.78, 5) is 23.3. The summed E-state index contributed by atoms with van der Waals surface area (Å²) in [6.45, 7) is 4.88. The summed E-state index contributed by atoms with van der Waals surface area (Å²) in [5.41, 5.74) is 6.54. The Labute approximate surface area is 117 Å². The van der Waals surface area contributed by atoms with Gasteiger partial charge in [-0.15, -0.1) is 0 Å². The first kappa shape index (κ1) is 15.9. The topological polar surface area (TPSA) is 77.1 Å². The fraction of sp³-hybridized carbons (Fsp3) is 0.692. The Kier molecular flexibility index (Phi) is 6.80. The lowest BCUT2D eigenvalue weighted by atomic mass is 10.1. The van der Waals surface area contributed by atoms with Crippen LogP contribution in [-0.2, 0) is 11.3 Å². The minimum absolute atomic E-state index is 0.00772. The molecule has 1 aromatic rings. The number of carbonyl (C=O) groups is 1. The molecule has 1 unspecified atom stereocenters. The molecular weight excluding hydrogens is 262 g/mol. The number of nitrogens with zero attached hydrogens (tertiary/aromatic N) is 1. The van der Waals surface area contributed by atoms with E-state index < -0.39 is 0 Å². The maximum Gasteiger partial charge on any atom is 0.307 e. The molecule has 0 aliphatic heterocycles. The molecule has 108 valence electrons. The van der Waals surface area contributed by atoms with Crippen molar-refractivity contribution in [2.24, 2.45) is 5.73 Å². The van der Waals surface area contributed by atoms with E-state index in [2.05, 4.69) is 12.2 Å². The van der Waals surface area contributed by atoms with E-state index in [0.717, 1.165) is 25.0 Å². The van der Waals surface area contributed by atoms with Gasteiger partial charge in [-0.2, -0.15) is 0 Å². The van der Waals surface area contributed by atoms with Crippen molar-refractivity contribution in [3.63, 3.8) is 0 Å². The van der Waals surface area contributed by atoms with Crippen LogP contribution in [0.5, 0.6) is 0 Å². The Morgan fingerprint density at radius 2 is 2.32 bits per heavy atom. The van der Waals surface area contributed by atoms with E-state index in [1.54, 1.807) is 4.57 Å². The summed E-state index contributed by atoms with van der Waals surface area (Å²) in [7, 11) is 0. The summed E-state index contributed by atoms with van der Waals surface area (Å²) < 4.78 is 1.63. The van der Waals surface area contributed by atoms with Crippen LogP contribution in [-0.4, -0.2) is 23.1 Å². The van der Waals surface area contributed by atoms with Gasteiger partial charge in [-0.05, 0) is 13.3 Å². The molecule has 0 radical (unpaired) electrons. The number of amides is 1. The van der Waals surface area contributed by atoms with Crippen molar-refractivity contribution in [3.05, 3.63) is 20.7 Å². The van der Waals surface area contributed by atoms with Crippen LogP contribution in [0.1, 0.15) is 38.3 Å². The highest BCUT2D eigenvalue weighted by Gasteiger charge is 2.11. The van der Waals surface area contributed by atoms with Crippen LogP contribution < -0.4 is 15.9 Å². The number of carbonyl (C=O) groups excluding carboxylic acids is 1. The maximum absolute atomic E-state index is 11.8. The molecule has 6 heteroatoms. The zero-order valence-corrected chi connectivity index (χ0v) is 12.5. The van der Waals surface area contributed by atoms with Gasteiger partial charge in [0.05, 0.1) is 0 Å². The van der Waals surface area contributed by atoms with Crippen molar-refractivity contribution in [1.29, 1.82) is 0 Å². The number of hydrogen-bond donors (Lipinski definition) is 2. The number of nitrogens with two attached hydrogens (primary N) is 1. The van der Waals surface area contributed by atoms with E-state index in [1.807, 2.05) is 12.3 Å². The molecular formula is C13H23N3O2S. The summed E-state index contributed by atoms with van der Waals surface area (Å²) >= 11 is 1.17. The van der Waals surface area contributed by atoms with Crippen LogP contribution >= 0.6 is 11.3 Å². The lowest BCUT2D eigenvalue weighted by Crippen LogP contribution is -2.40. The predicted molar refractivity (Wildman–Crippen MR) is 78.4 cm³/mol. The highest BCUT2D eigenvalue weighted by Crippen LogP contribution is 2.02. The Bertz CT molecular complexity index is 453. The van der Waals surface area contributed by atoms with Gasteiger partial charge in [0.15, 0.2) is 0 Å². The zero-order chi connectivity index (χ0) is 14.3. The average molecular weight is 285 g/mol. The largest absolute Gasteiger partial charge is 0.352 e. The van der Waals surface area contributed by atoms with E-state index in [9.17, 15) is 9.59 Å². The number of aromatic nitrogens is 1. The third-order valence-electron chi connectivity index (χ3n) is 3.09.